The largest absolute Gasteiger partial charge is 0.483 e. The number of fused-ring (bicyclic) bond motifs is 1. The average molecular weight is 371 g/mol. The summed E-state index contributed by atoms with van der Waals surface area (Å²) in [4.78, 5) is 30.0. The summed E-state index contributed by atoms with van der Waals surface area (Å²) in [5.74, 6) is 0.570. The second kappa shape index (κ2) is 7.29. The molecule has 0 saturated heterocycles. The number of nitrogens with zero attached hydrogens (tertiary/aromatic N) is 2. The van der Waals surface area contributed by atoms with Gasteiger partial charge in [-0.2, -0.15) is 0 Å². The zero-order valence-corrected chi connectivity index (χ0v) is 16.0. The monoisotopic (exact) mass is 371 g/mol. The molecule has 0 saturated carbocycles. The van der Waals surface area contributed by atoms with Crippen molar-refractivity contribution in [2.75, 3.05) is 11.9 Å². The normalized spacial score (nSPS) is 11.1. The second-order valence-corrected chi connectivity index (χ2v) is 7.24. The van der Waals surface area contributed by atoms with Gasteiger partial charge in [-0.15, -0.1) is 11.3 Å². The third-order valence-electron chi connectivity index (χ3n) is 4.09. The van der Waals surface area contributed by atoms with Crippen LogP contribution in [0.3, 0.4) is 0 Å². The predicted molar refractivity (Wildman–Crippen MR) is 103 cm³/mol. The Bertz CT molecular complexity index is 1020. The molecule has 7 heteroatoms. The second-order valence-electron chi connectivity index (χ2n) is 6.40. The Morgan fingerprint density at radius 3 is 2.77 bits per heavy atom. The number of aryl methyl sites for hydroxylation is 2. The minimum atomic E-state index is -0.390. The molecule has 0 atom stereocenters. The topological polar surface area (TPSA) is 72.7 Å². The summed E-state index contributed by atoms with van der Waals surface area (Å²) in [6.07, 6.45) is 0. The van der Waals surface area contributed by atoms with E-state index in [0.29, 0.717) is 16.4 Å². The van der Waals surface area contributed by atoms with Gasteiger partial charge in [0.25, 0.3) is 11.5 Å². The number of para-hydroxylation sites is 1. The Morgan fingerprint density at radius 1 is 1.31 bits per heavy atom. The molecule has 0 aliphatic rings. The Hall–Kier alpha value is -2.67. The summed E-state index contributed by atoms with van der Waals surface area (Å²) in [7, 11) is 0. The fourth-order valence-electron chi connectivity index (χ4n) is 2.74. The lowest BCUT2D eigenvalue weighted by atomic mass is 10.0. The molecule has 26 heavy (non-hydrogen) atoms. The first-order chi connectivity index (χ1) is 12.4. The number of aromatic nitrogens is 2. The molecule has 1 N–H and O–H groups in total. The average Bonchev–Trinajstić information content (AvgIpc) is 2.97. The van der Waals surface area contributed by atoms with Gasteiger partial charge in [0.05, 0.1) is 5.69 Å². The van der Waals surface area contributed by atoms with Crippen LogP contribution < -0.4 is 15.6 Å². The molecule has 2 aromatic heterocycles. The molecule has 0 unspecified atom stereocenters. The van der Waals surface area contributed by atoms with Gasteiger partial charge in [0, 0.05) is 11.1 Å². The van der Waals surface area contributed by atoms with Crippen molar-refractivity contribution >= 4 is 27.9 Å². The van der Waals surface area contributed by atoms with E-state index in [9.17, 15) is 9.59 Å². The third-order valence-corrected chi connectivity index (χ3v) is 5.03. The van der Waals surface area contributed by atoms with Crippen molar-refractivity contribution in [3.8, 4) is 5.75 Å². The van der Waals surface area contributed by atoms with Crippen molar-refractivity contribution in [1.29, 1.82) is 0 Å². The number of amides is 1. The number of hydrogen-bond donors (Lipinski definition) is 1. The van der Waals surface area contributed by atoms with Crippen LogP contribution in [-0.2, 0) is 4.79 Å². The van der Waals surface area contributed by atoms with Crippen LogP contribution in [0.2, 0.25) is 0 Å². The molecule has 3 aromatic rings. The predicted octanol–water partition coefficient (Wildman–Crippen LogP) is 3.51. The maximum Gasteiger partial charge on any atom is 0.282 e. The SMILES string of the molecule is Cc1nc2scc(C)n2c(=O)c1NC(=O)COc1ccccc1C(C)C. The van der Waals surface area contributed by atoms with Crippen LogP contribution in [0.4, 0.5) is 5.69 Å². The summed E-state index contributed by atoms with van der Waals surface area (Å²) in [5, 5.41) is 4.51. The highest BCUT2D eigenvalue weighted by molar-refractivity contribution is 7.15. The van der Waals surface area contributed by atoms with E-state index in [2.05, 4.69) is 24.1 Å². The first-order valence-corrected chi connectivity index (χ1v) is 9.25. The van der Waals surface area contributed by atoms with E-state index < -0.39 is 5.91 Å². The molecular formula is C19H21N3O3S. The van der Waals surface area contributed by atoms with Crippen LogP contribution in [0.15, 0.2) is 34.4 Å². The number of nitrogens with one attached hydrogen (secondary N) is 1. The number of benzene rings is 1. The van der Waals surface area contributed by atoms with E-state index in [1.165, 1.54) is 15.7 Å². The van der Waals surface area contributed by atoms with Crippen LogP contribution in [0.5, 0.6) is 5.75 Å². The zero-order chi connectivity index (χ0) is 18.8. The lowest BCUT2D eigenvalue weighted by Crippen LogP contribution is -2.28. The van der Waals surface area contributed by atoms with E-state index in [4.69, 9.17) is 4.74 Å². The number of hydrogen-bond acceptors (Lipinski definition) is 5. The Kier molecular flexibility index (Phi) is 5.08. The molecule has 0 spiro atoms. The molecule has 1 amide bonds. The van der Waals surface area contributed by atoms with Crippen LogP contribution in [-0.4, -0.2) is 21.9 Å². The Labute approximate surface area is 155 Å². The number of anilines is 1. The van der Waals surface area contributed by atoms with Gasteiger partial charge in [0.2, 0.25) is 0 Å². The van der Waals surface area contributed by atoms with Crippen LogP contribution >= 0.6 is 11.3 Å². The molecule has 1 aromatic carbocycles. The molecular weight excluding hydrogens is 350 g/mol. The van der Waals surface area contributed by atoms with Gasteiger partial charge in [0.15, 0.2) is 11.6 Å². The van der Waals surface area contributed by atoms with Gasteiger partial charge in [0.1, 0.15) is 11.4 Å². The van der Waals surface area contributed by atoms with E-state index in [-0.39, 0.29) is 23.8 Å². The van der Waals surface area contributed by atoms with Gasteiger partial charge in [-0.05, 0) is 31.4 Å². The summed E-state index contributed by atoms with van der Waals surface area (Å²) >= 11 is 1.40. The molecule has 0 aliphatic carbocycles. The van der Waals surface area contributed by atoms with Crippen molar-refractivity contribution in [2.24, 2.45) is 0 Å². The number of ether oxygens (including phenoxy) is 1. The maximum absolute atomic E-state index is 12.7. The van der Waals surface area contributed by atoms with Gasteiger partial charge in [-0.1, -0.05) is 32.0 Å². The summed E-state index contributed by atoms with van der Waals surface area (Å²) in [5.41, 5.74) is 2.23. The van der Waals surface area contributed by atoms with Crippen molar-refractivity contribution < 1.29 is 9.53 Å². The van der Waals surface area contributed by atoms with Crippen molar-refractivity contribution in [3.05, 3.63) is 57.0 Å². The molecule has 6 nitrogen and oxygen atoms in total. The van der Waals surface area contributed by atoms with Crippen molar-refractivity contribution in [2.45, 2.75) is 33.6 Å². The minimum absolute atomic E-state index is 0.173. The van der Waals surface area contributed by atoms with Gasteiger partial charge in [-0.3, -0.25) is 14.0 Å². The maximum atomic E-state index is 12.7. The molecule has 0 bridgehead atoms. The fraction of sp³-hybridized carbons (Fsp3) is 0.316. The van der Waals surface area contributed by atoms with E-state index in [1.807, 2.05) is 36.6 Å². The minimum Gasteiger partial charge on any atom is -0.483 e. The van der Waals surface area contributed by atoms with E-state index in [0.717, 1.165) is 11.3 Å². The summed E-state index contributed by atoms with van der Waals surface area (Å²) in [6.45, 7) is 7.50. The fourth-order valence-corrected chi connectivity index (χ4v) is 3.64. The molecule has 0 radical (unpaired) electrons. The number of carbonyl (C=O) groups excluding carboxylic acids is 1. The van der Waals surface area contributed by atoms with Gasteiger partial charge in [-0.25, -0.2) is 4.98 Å². The highest BCUT2D eigenvalue weighted by atomic mass is 32.1. The lowest BCUT2D eigenvalue weighted by Gasteiger charge is -2.14. The Morgan fingerprint density at radius 2 is 2.04 bits per heavy atom. The zero-order valence-electron chi connectivity index (χ0n) is 15.2. The van der Waals surface area contributed by atoms with Gasteiger partial charge >= 0.3 is 0 Å². The van der Waals surface area contributed by atoms with Crippen LogP contribution in [0, 0.1) is 13.8 Å². The molecule has 2 heterocycles. The molecule has 0 aliphatic heterocycles. The first-order valence-electron chi connectivity index (χ1n) is 8.37. The lowest BCUT2D eigenvalue weighted by molar-refractivity contribution is -0.118. The molecule has 0 fully saturated rings. The number of rotatable bonds is 5. The quantitative estimate of drug-likeness (QED) is 0.745. The van der Waals surface area contributed by atoms with Crippen LogP contribution in [0.1, 0.15) is 36.7 Å². The van der Waals surface area contributed by atoms with E-state index >= 15 is 0 Å². The van der Waals surface area contributed by atoms with E-state index in [1.54, 1.807) is 6.92 Å². The summed E-state index contributed by atoms with van der Waals surface area (Å²) < 4.78 is 7.17. The highest BCUT2D eigenvalue weighted by Gasteiger charge is 2.16. The molecule has 3 rings (SSSR count). The molecule has 136 valence electrons. The highest BCUT2D eigenvalue weighted by Crippen LogP contribution is 2.25. The van der Waals surface area contributed by atoms with Crippen molar-refractivity contribution in [3.63, 3.8) is 0 Å². The van der Waals surface area contributed by atoms with Crippen LogP contribution in [0.25, 0.3) is 4.96 Å². The van der Waals surface area contributed by atoms with Gasteiger partial charge < -0.3 is 10.1 Å². The number of carbonyl (C=O) groups is 1. The smallest absolute Gasteiger partial charge is 0.282 e. The standard InChI is InChI=1S/C19H21N3O3S/c1-11(2)14-7-5-6-8-15(14)25-9-16(23)21-17-13(4)20-19-22(18(17)24)12(3)10-26-19/h5-8,10-11H,9H2,1-4H3,(H,21,23). The first kappa shape index (κ1) is 18.1. The third kappa shape index (κ3) is 3.48. The number of thiazole rings is 1. The van der Waals surface area contributed by atoms with Crippen molar-refractivity contribution in [1.82, 2.24) is 9.38 Å². The summed E-state index contributed by atoms with van der Waals surface area (Å²) in [6, 6.07) is 7.63. The Balaban J connectivity index is 1.78.